The van der Waals surface area contributed by atoms with Crippen LogP contribution in [0.15, 0.2) is 24.3 Å². The van der Waals surface area contributed by atoms with Gasteiger partial charge >= 0.3 is 0 Å². The lowest BCUT2D eigenvalue weighted by Crippen LogP contribution is -2.43. The molecule has 1 aliphatic rings. The molecule has 4 heteroatoms. The highest BCUT2D eigenvalue weighted by Gasteiger charge is 2.24. The van der Waals surface area contributed by atoms with Crippen LogP contribution in [0.4, 0.5) is 0 Å². The molecular formula is C18H29N3O. The molecule has 1 fully saturated rings. The Morgan fingerprint density at radius 3 is 2.18 bits per heavy atom. The quantitative estimate of drug-likeness (QED) is 0.896. The van der Waals surface area contributed by atoms with Crippen LogP contribution in [0, 0.1) is 5.41 Å². The van der Waals surface area contributed by atoms with E-state index in [4.69, 9.17) is 11.5 Å². The van der Waals surface area contributed by atoms with Gasteiger partial charge in [0.05, 0.1) is 6.04 Å². The second-order valence-corrected chi connectivity index (χ2v) is 7.43. The van der Waals surface area contributed by atoms with E-state index in [0.717, 1.165) is 37.1 Å². The molecule has 1 aromatic carbocycles. The molecule has 0 bridgehead atoms. The summed E-state index contributed by atoms with van der Waals surface area (Å²) in [7, 11) is 0. The summed E-state index contributed by atoms with van der Waals surface area (Å²) < 4.78 is 0. The Kier molecular flexibility index (Phi) is 5.24. The minimum atomic E-state index is -0.444. The fraction of sp³-hybridized carbons (Fsp3) is 0.611. The zero-order valence-electron chi connectivity index (χ0n) is 14.0. The molecule has 1 heterocycles. The van der Waals surface area contributed by atoms with Crippen molar-refractivity contribution in [1.82, 2.24) is 4.90 Å². The summed E-state index contributed by atoms with van der Waals surface area (Å²) in [5.74, 6) is 0.0768. The third-order valence-electron chi connectivity index (χ3n) is 4.46. The van der Waals surface area contributed by atoms with Gasteiger partial charge in [0.2, 0.25) is 5.91 Å². The Balaban J connectivity index is 1.97. The van der Waals surface area contributed by atoms with Crippen molar-refractivity contribution in [3.63, 3.8) is 0 Å². The molecule has 22 heavy (non-hydrogen) atoms. The van der Waals surface area contributed by atoms with Crippen molar-refractivity contribution in [2.45, 2.75) is 52.1 Å². The number of carbonyl (C=O) groups is 1. The van der Waals surface area contributed by atoms with Crippen LogP contribution in [-0.4, -0.2) is 29.9 Å². The van der Waals surface area contributed by atoms with E-state index >= 15 is 0 Å². The fourth-order valence-corrected chi connectivity index (χ4v) is 2.87. The van der Waals surface area contributed by atoms with Crippen LogP contribution in [0.5, 0.6) is 0 Å². The third kappa shape index (κ3) is 4.08. The van der Waals surface area contributed by atoms with Gasteiger partial charge < -0.3 is 16.4 Å². The first kappa shape index (κ1) is 17.0. The molecule has 2 atom stereocenters. The molecule has 0 aliphatic carbocycles. The Morgan fingerprint density at radius 1 is 1.14 bits per heavy atom. The molecular weight excluding hydrogens is 274 g/mol. The normalized spacial score (nSPS) is 18.3. The summed E-state index contributed by atoms with van der Waals surface area (Å²) in [6.45, 7) is 8.11. The summed E-state index contributed by atoms with van der Waals surface area (Å²) in [4.78, 5) is 14.1. The SMILES string of the molecule is CC(C)(C)C(N)c1ccc(CC(N)C(=O)N2CCCC2)cc1. The number of nitrogens with zero attached hydrogens (tertiary/aromatic N) is 1. The van der Waals surface area contributed by atoms with Crippen molar-refractivity contribution in [2.24, 2.45) is 16.9 Å². The van der Waals surface area contributed by atoms with E-state index in [2.05, 4.69) is 32.9 Å². The van der Waals surface area contributed by atoms with Crippen molar-refractivity contribution < 1.29 is 4.79 Å². The van der Waals surface area contributed by atoms with Gasteiger partial charge in [-0.15, -0.1) is 0 Å². The molecule has 4 N–H and O–H groups in total. The predicted molar refractivity (Wildman–Crippen MR) is 90.3 cm³/mol. The van der Waals surface area contributed by atoms with Gasteiger partial charge in [0.25, 0.3) is 0 Å². The van der Waals surface area contributed by atoms with Crippen LogP contribution in [0.1, 0.15) is 50.8 Å². The topological polar surface area (TPSA) is 72.3 Å². The summed E-state index contributed by atoms with van der Waals surface area (Å²) >= 11 is 0. The summed E-state index contributed by atoms with van der Waals surface area (Å²) in [5.41, 5.74) is 14.6. The number of amides is 1. The predicted octanol–water partition coefficient (Wildman–Crippen LogP) is 2.22. The fourth-order valence-electron chi connectivity index (χ4n) is 2.87. The van der Waals surface area contributed by atoms with Crippen molar-refractivity contribution in [2.75, 3.05) is 13.1 Å². The van der Waals surface area contributed by atoms with Crippen LogP contribution in [-0.2, 0) is 11.2 Å². The van der Waals surface area contributed by atoms with Gasteiger partial charge in [0.1, 0.15) is 0 Å². The van der Waals surface area contributed by atoms with E-state index < -0.39 is 6.04 Å². The maximum atomic E-state index is 12.2. The van der Waals surface area contributed by atoms with Crippen LogP contribution in [0.3, 0.4) is 0 Å². The summed E-state index contributed by atoms with van der Waals surface area (Å²) in [6, 6.07) is 7.74. The Morgan fingerprint density at radius 2 is 1.68 bits per heavy atom. The lowest BCUT2D eigenvalue weighted by atomic mass is 9.83. The van der Waals surface area contributed by atoms with Crippen LogP contribution >= 0.6 is 0 Å². The van der Waals surface area contributed by atoms with Gasteiger partial charge in [0, 0.05) is 19.1 Å². The zero-order chi connectivity index (χ0) is 16.3. The van der Waals surface area contributed by atoms with Crippen molar-refractivity contribution in [1.29, 1.82) is 0 Å². The number of nitrogens with two attached hydrogens (primary N) is 2. The van der Waals surface area contributed by atoms with Gasteiger partial charge in [-0.25, -0.2) is 0 Å². The van der Waals surface area contributed by atoms with E-state index in [-0.39, 0.29) is 17.4 Å². The van der Waals surface area contributed by atoms with Crippen LogP contribution in [0.2, 0.25) is 0 Å². The van der Waals surface area contributed by atoms with Crippen LogP contribution in [0.25, 0.3) is 0 Å². The lowest BCUT2D eigenvalue weighted by molar-refractivity contribution is -0.131. The minimum Gasteiger partial charge on any atom is -0.341 e. The molecule has 1 aromatic rings. The zero-order valence-corrected chi connectivity index (χ0v) is 14.0. The van der Waals surface area contributed by atoms with E-state index in [1.165, 1.54) is 0 Å². The second kappa shape index (κ2) is 6.80. The average molecular weight is 303 g/mol. The number of rotatable bonds is 4. The maximum absolute atomic E-state index is 12.2. The number of benzene rings is 1. The van der Waals surface area contributed by atoms with Gasteiger partial charge in [-0.1, -0.05) is 45.0 Å². The molecule has 1 aliphatic heterocycles. The molecule has 0 spiro atoms. The van der Waals surface area contributed by atoms with Crippen molar-refractivity contribution >= 4 is 5.91 Å². The summed E-state index contributed by atoms with van der Waals surface area (Å²) in [5, 5.41) is 0. The molecule has 0 aromatic heterocycles. The third-order valence-corrected chi connectivity index (χ3v) is 4.46. The molecule has 0 saturated carbocycles. The van der Waals surface area contributed by atoms with Gasteiger partial charge in [-0.2, -0.15) is 0 Å². The Bertz CT molecular complexity index is 498. The van der Waals surface area contributed by atoms with Crippen molar-refractivity contribution in [3.8, 4) is 0 Å². The monoisotopic (exact) mass is 303 g/mol. The van der Waals surface area contributed by atoms with E-state index in [0.29, 0.717) is 6.42 Å². The summed E-state index contributed by atoms with van der Waals surface area (Å²) in [6.07, 6.45) is 2.77. The van der Waals surface area contributed by atoms with Gasteiger partial charge in [-0.3, -0.25) is 4.79 Å². The van der Waals surface area contributed by atoms with Gasteiger partial charge in [0.15, 0.2) is 0 Å². The smallest absolute Gasteiger partial charge is 0.239 e. The average Bonchev–Trinajstić information content (AvgIpc) is 2.99. The highest BCUT2D eigenvalue weighted by molar-refractivity contribution is 5.82. The molecule has 1 saturated heterocycles. The van der Waals surface area contributed by atoms with E-state index in [9.17, 15) is 4.79 Å². The Hall–Kier alpha value is -1.39. The molecule has 0 radical (unpaired) electrons. The lowest BCUT2D eigenvalue weighted by Gasteiger charge is -2.27. The standard InChI is InChI=1S/C18H29N3O/c1-18(2,3)16(20)14-8-6-13(7-9-14)12-15(19)17(22)21-10-4-5-11-21/h6-9,15-16H,4-5,10-12,19-20H2,1-3H3. The number of hydrogen-bond acceptors (Lipinski definition) is 3. The maximum Gasteiger partial charge on any atom is 0.239 e. The van der Waals surface area contributed by atoms with Gasteiger partial charge in [-0.05, 0) is 35.8 Å². The number of carbonyl (C=O) groups excluding carboxylic acids is 1. The largest absolute Gasteiger partial charge is 0.341 e. The highest BCUT2D eigenvalue weighted by atomic mass is 16.2. The molecule has 122 valence electrons. The second-order valence-electron chi connectivity index (χ2n) is 7.43. The van der Waals surface area contributed by atoms with E-state index in [1.807, 2.05) is 17.0 Å². The van der Waals surface area contributed by atoms with Crippen molar-refractivity contribution in [3.05, 3.63) is 35.4 Å². The Labute approximate surface area is 133 Å². The molecule has 2 rings (SSSR count). The molecule has 4 nitrogen and oxygen atoms in total. The first-order valence-corrected chi connectivity index (χ1v) is 8.18. The molecule has 1 amide bonds. The van der Waals surface area contributed by atoms with E-state index in [1.54, 1.807) is 0 Å². The minimum absolute atomic E-state index is 0.00135. The van der Waals surface area contributed by atoms with Crippen LogP contribution < -0.4 is 11.5 Å². The highest BCUT2D eigenvalue weighted by Crippen LogP contribution is 2.30. The first-order valence-electron chi connectivity index (χ1n) is 8.18. The molecule has 2 unspecified atom stereocenters. The number of hydrogen-bond donors (Lipinski definition) is 2. The number of likely N-dealkylation sites (tertiary alicyclic amines) is 1. The first-order chi connectivity index (χ1) is 10.3.